The number of carbonyl (C=O) groups is 2. The number of benzene rings is 2. The number of pyridine rings is 1. The molecule has 2 amide bonds. The van der Waals surface area contributed by atoms with Gasteiger partial charge in [-0.15, -0.1) is 0 Å². The van der Waals surface area contributed by atoms with Crippen molar-refractivity contribution in [1.29, 1.82) is 0 Å². The van der Waals surface area contributed by atoms with Gasteiger partial charge in [-0.25, -0.2) is 19.6 Å². The van der Waals surface area contributed by atoms with Crippen molar-refractivity contribution in [3.63, 3.8) is 0 Å². The Bertz CT molecular complexity index is 1620. The lowest BCUT2D eigenvalue weighted by Gasteiger charge is -2.11. The summed E-state index contributed by atoms with van der Waals surface area (Å²) in [5, 5.41) is 16.7. The molecule has 0 spiro atoms. The molecule has 0 unspecified atom stereocenters. The molecule has 0 atom stereocenters. The largest absolute Gasteiger partial charge is 0.343 e. The Morgan fingerprint density at radius 1 is 1.03 bits per heavy atom. The summed E-state index contributed by atoms with van der Waals surface area (Å²) in [5.74, 6) is 0.300. The molecule has 5 aromatic rings. The fourth-order valence-corrected chi connectivity index (χ4v) is 3.84. The summed E-state index contributed by atoms with van der Waals surface area (Å²) in [6.07, 6.45) is 1.35. The van der Waals surface area contributed by atoms with Crippen LogP contribution in [-0.2, 0) is 6.54 Å². The SMILES string of the molecule is C=Nc1cccc(-c2ccc(Cl)c(C(=O)Nc3cc(C(=O)NCc4ncn[nH]4)nn3-c3ccccc3)c2)n1. The van der Waals surface area contributed by atoms with Gasteiger partial charge in [0.2, 0.25) is 0 Å². The Morgan fingerprint density at radius 2 is 1.87 bits per heavy atom. The number of nitrogens with one attached hydrogen (secondary N) is 3. The van der Waals surface area contributed by atoms with Crippen LogP contribution in [0.15, 0.2) is 84.1 Å². The first-order valence-corrected chi connectivity index (χ1v) is 11.7. The second-order valence-corrected chi connectivity index (χ2v) is 8.37. The van der Waals surface area contributed by atoms with Crippen molar-refractivity contribution < 1.29 is 9.59 Å². The first kappa shape index (κ1) is 24.5. The van der Waals surface area contributed by atoms with E-state index in [9.17, 15) is 9.59 Å². The van der Waals surface area contributed by atoms with E-state index >= 15 is 0 Å². The molecule has 3 heterocycles. The van der Waals surface area contributed by atoms with Crippen molar-refractivity contribution in [3.8, 4) is 16.9 Å². The molecule has 3 aromatic heterocycles. The third-order valence-electron chi connectivity index (χ3n) is 5.47. The van der Waals surface area contributed by atoms with Crippen LogP contribution < -0.4 is 10.6 Å². The summed E-state index contributed by atoms with van der Waals surface area (Å²) >= 11 is 6.40. The molecule has 3 N–H and O–H groups in total. The highest BCUT2D eigenvalue weighted by Crippen LogP contribution is 2.27. The van der Waals surface area contributed by atoms with Crippen LogP contribution in [0, 0.1) is 0 Å². The van der Waals surface area contributed by atoms with E-state index < -0.39 is 11.8 Å². The zero-order chi connectivity index (χ0) is 26.5. The molecule has 11 nitrogen and oxygen atoms in total. The predicted molar refractivity (Wildman–Crippen MR) is 143 cm³/mol. The molecule has 12 heteroatoms. The minimum absolute atomic E-state index is 0.0986. The second-order valence-electron chi connectivity index (χ2n) is 7.96. The summed E-state index contributed by atoms with van der Waals surface area (Å²) in [6.45, 7) is 3.64. The number of H-pyrrole nitrogens is 1. The van der Waals surface area contributed by atoms with Gasteiger partial charge in [0.15, 0.2) is 11.5 Å². The second kappa shape index (κ2) is 10.8. The average molecular weight is 526 g/mol. The number of para-hydroxylation sites is 1. The molecular formula is C26H20ClN9O2. The van der Waals surface area contributed by atoms with Crippen molar-refractivity contribution in [1.82, 2.24) is 35.3 Å². The maximum Gasteiger partial charge on any atom is 0.272 e. The number of hydrogen-bond acceptors (Lipinski definition) is 7. The van der Waals surface area contributed by atoms with Crippen molar-refractivity contribution in [2.45, 2.75) is 6.54 Å². The number of rotatable bonds is 8. The Labute approximate surface area is 221 Å². The van der Waals surface area contributed by atoms with Gasteiger partial charge in [-0.1, -0.05) is 41.9 Å². The van der Waals surface area contributed by atoms with E-state index in [1.165, 1.54) is 17.1 Å². The van der Waals surface area contributed by atoms with Gasteiger partial charge in [0.25, 0.3) is 11.8 Å². The summed E-state index contributed by atoms with van der Waals surface area (Å²) in [5.41, 5.74) is 2.26. The third-order valence-corrected chi connectivity index (χ3v) is 5.80. The molecule has 0 radical (unpaired) electrons. The topological polar surface area (TPSA) is 143 Å². The number of aliphatic imine (C=N–C) groups is 1. The van der Waals surface area contributed by atoms with Crippen LogP contribution in [0.3, 0.4) is 0 Å². The van der Waals surface area contributed by atoms with Gasteiger partial charge in [0, 0.05) is 11.6 Å². The number of halogens is 1. The highest BCUT2D eigenvalue weighted by atomic mass is 35.5. The van der Waals surface area contributed by atoms with Crippen LogP contribution in [-0.4, -0.2) is 48.5 Å². The van der Waals surface area contributed by atoms with E-state index in [-0.39, 0.29) is 28.6 Å². The normalized spacial score (nSPS) is 10.7. The van der Waals surface area contributed by atoms with Crippen LogP contribution in [0.5, 0.6) is 0 Å². The molecule has 5 rings (SSSR count). The first-order valence-electron chi connectivity index (χ1n) is 11.3. The molecule has 0 aliphatic carbocycles. The molecule has 38 heavy (non-hydrogen) atoms. The van der Waals surface area contributed by atoms with Gasteiger partial charge < -0.3 is 10.6 Å². The third kappa shape index (κ3) is 5.32. The minimum atomic E-state index is -0.486. The first-order chi connectivity index (χ1) is 18.5. The molecule has 188 valence electrons. The van der Waals surface area contributed by atoms with Gasteiger partial charge >= 0.3 is 0 Å². The number of aromatic nitrogens is 6. The van der Waals surface area contributed by atoms with Crippen molar-refractivity contribution in [3.05, 3.63) is 101 Å². The fourth-order valence-electron chi connectivity index (χ4n) is 3.63. The maximum absolute atomic E-state index is 13.4. The number of nitrogens with zero attached hydrogens (tertiary/aromatic N) is 6. The smallest absolute Gasteiger partial charge is 0.272 e. The molecule has 0 bridgehead atoms. The van der Waals surface area contributed by atoms with Gasteiger partial charge in [-0.3, -0.25) is 14.7 Å². The molecular weight excluding hydrogens is 506 g/mol. The molecule has 0 aliphatic rings. The van der Waals surface area contributed by atoms with E-state index in [0.717, 1.165) is 0 Å². The van der Waals surface area contributed by atoms with Gasteiger partial charge in [-0.05, 0) is 43.1 Å². The molecule has 2 aromatic carbocycles. The zero-order valence-corrected chi connectivity index (χ0v) is 20.6. The number of carbonyl (C=O) groups excluding carboxylic acids is 2. The molecule has 0 saturated carbocycles. The Kier molecular flexibility index (Phi) is 7.00. The fraction of sp³-hybridized carbons (Fsp3) is 0.0385. The maximum atomic E-state index is 13.4. The van der Waals surface area contributed by atoms with Crippen LogP contribution >= 0.6 is 11.6 Å². The highest BCUT2D eigenvalue weighted by Gasteiger charge is 2.20. The van der Waals surface area contributed by atoms with Crippen molar-refractivity contribution >= 4 is 41.8 Å². The van der Waals surface area contributed by atoms with Crippen molar-refractivity contribution in [2.75, 3.05) is 5.32 Å². The van der Waals surface area contributed by atoms with Gasteiger partial charge in [-0.2, -0.15) is 10.2 Å². The van der Waals surface area contributed by atoms with E-state index in [1.54, 1.807) is 48.5 Å². The summed E-state index contributed by atoms with van der Waals surface area (Å²) in [7, 11) is 0. The monoisotopic (exact) mass is 525 g/mol. The quantitative estimate of drug-likeness (QED) is 0.259. The average Bonchev–Trinajstić information content (AvgIpc) is 3.63. The van der Waals surface area contributed by atoms with Gasteiger partial charge in [0.1, 0.15) is 18.0 Å². The summed E-state index contributed by atoms with van der Waals surface area (Å²) < 4.78 is 1.47. The lowest BCUT2D eigenvalue weighted by molar-refractivity contribution is 0.0943. The Morgan fingerprint density at radius 3 is 2.63 bits per heavy atom. The van der Waals surface area contributed by atoms with E-state index in [4.69, 9.17) is 11.6 Å². The Balaban J connectivity index is 1.44. The predicted octanol–water partition coefficient (Wildman–Crippen LogP) is 4.22. The van der Waals surface area contributed by atoms with E-state index in [1.807, 2.05) is 18.2 Å². The Hall–Kier alpha value is -5.16. The summed E-state index contributed by atoms with van der Waals surface area (Å²) in [4.78, 5) is 38.4. The van der Waals surface area contributed by atoms with Crippen LogP contribution in [0.25, 0.3) is 16.9 Å². The van der Waals surface area contributed by atoms with E-state index in [0.29, 0.717) is 28.6 Å². The zero-order valence-electron chi connectivity index (χ0n) is 19.8. The van der Waals surface area contributed by atoms with Gasteiger partial charge in [0.05, 0.1) is 28.5 Å². The lowest BCUT2D eigenvalue weighted by atomic mass is 10.1. The van der Waals surface area contributed by atoms with Crippen LogP contribution in [0.2, 0.25) is 5.02 Å². The molecule has 0 saturated heterocycles. The van der Waals surface area contributed by atoms with Crippen LogP contribution in [0.1, 0.15) is 26.7 Å². The van der Waals surface area contributed by atoms with E-state index in [2.05, 4.69) is 47.6 Å². The number of aromatic amines is 1. The highest BCUT2D eigenvalue weighted by molar-refractivity contribution is 6.34. The molecule has 0 aliphatic heterocycles. The standard InChI is InChI=1S/C26H20ClN9O2/c1-28-22-9-5-8-20(32-22)16-10-11-19(27)18(12-16)25(37)33-24-13-21(26(38)29-14-23-30-15-31-34-23)35-36(24)17-6-3-2-4-7-17/h2-13,15H,1,14H2,(H,29,38)(H,33,37)(H,30,31,34). The molecule has 0 fully saturated rings. The summed E-state index contributed by atoms with van der Waals surface area (Å²) in [6, 6.07) is 21.0. The lowest BCUT2D eigenvalue weighted by Crippen LogP contribution is -2.24. The number of anilines is 1. The van der Waals surface area contributed by atoms with Crippen molar-refractivity contribution in [2.24, 2.45) is 4.99 Å². The number of hydrogen-bond donors (Lipinski definition) is 3. The van der Waals surface area contributed by atoms with Crippen LogP contribution in [0.4, 0.5) is 11.6 Å². The minimum Gasteiger partial charge on any atom is -0.343 e. The number of amides is 2.